The van der Waals surface area contributed by atoms with Crippen molar-refractivity contribution in [3.8, 4) is 0 Å². The van der Waals surface area contributed by atoms with Crippen LogP contribution in [0.3, 0.4) is 0 Å². The fraction of sp³-hybridized carbons (Fsp3) is 0.167. The number of benzene rings is 2. The van der Waals surface area contributed by atoms with Crippen molar-refractivity contribution in [1.29, 1.82) is 0 Å². The summed E-state index contributed by atoms with van der Waals surface area (Å²) in [6.45, 7) is 1.83. The van der Waals surface area contributed by atoms with Crippen LogP contribution in [0.15, 0.2) is 54.6 Å². The van der Waals surface area contributed by atoms with E-state index in [0.29, 0.717) is 26.0 Å². The SMILES string of the molecule is CCOC(=O)c1cc(CN2C(=O)c3ccccc3C2=O)sc1NC(=O)Cc1ccc(Cl)cc1. The average molecular weight is 483 g/mol. The highest BCUT2D eigenvalue weighted by atomic mass is 35.5. The number of esters is 1. The number of carbonyl (C=O) groups is 4. The van der Waals surface area contributed by atoms with Crippen molar-refractivity contribution in [1.82, 2.24) is 4.90 Å². The highest BCUT2D eigenvalue weighted by Gasteiger charge is 2.35. The molecule has 1 aliphatic rings. The van der Waals surface area contributed by atoms with E-state index in [1.54, 1.807) is 61.5 Å². The van der Waals surface area contributed by atoms with Crippen LogP contribution < -0.4 is 5.32 Å². The standard InChI is InChI=1S/C24H19ClN2O5S/c1-2-32-24(31)19-12-16(13-27-22(29)17-5-3-4-6-18(17)23(27)30)33-21(19)26-20(28)11-14-7-9-15(25)10-8-14/h3-10,12H,2,11,13H2,1H3,(H,26,28). The number of amides is 3. The zero-order valence-electron chi connectivity index (χ0n) is 17.6. The minimum atomic E-state index is -0.593. The quantitative estimate of drug-likeness (QED) is 0.394. The predicted octanol–water partition coefficient (Wildman–Crippen LogP) is 4.56. The summed E-state index contributed by atoms with van der Waals surface area (Å²) in [4.78, 5) is 52.1. The molecular formula is C24H19ClN2O5S. The van der Waals surface area contributed by atoms with Crippen molar-refractivity contribution < 1.29 is 23.9 Å². The number of carbonyl (C=O) groups excluding carboxylic acids is 4. The summed E-state index contributed by atoms with van der Waals surface area (Å²) in [5.41, 5.74) is 1.64. The van der Waals surface area contributed by atoms with Crippen LogP contribution in [-0.2, 0) is 22.5 Å². The molecule has 0 radical (unpaired) electrons. The molecule has 33 heavy (non-hydrogen) atoms. The third-order valence-corrected chi connectivity index (χ3v) is 6.29. The Hall–Kier alpha value is -3.49. The summed E-state index contributed by atoms with van der Waals surface area (Å²) in [7, 11) is 0. The first-order chi connectivity index (χ1) is 15.9. The van der Waals surface area contributed by atoms with E-state index in [9.17, 15) is 19.2 Å². The van der Waals surface area contributed by atoms with Crippen LogP contribution in [0.1, 0.15) is 48.4 Å². The molecule has 2 aromatic carbocycles. The van der Waals surface area contributed by atoms with Crippen molar-refractivity contribution in [2.75, 3.05) is 11.9 Å². The maximum Gasteiger partial charge on any atom is 0.341 e. The van der Waals surface area contributed by atoms with Gasteiger partial charge in [0.25, 0.3) is 11.8 Å². The highest BCUT2D eigenvalue weighted by Crippen LogP contribution is 2.32. The molecule has 2 heterocycles. The molecular weight excluding hydrogens is 464 g/mol. The van der Waals surface area contributed by atoms with E-state index in [-0.39, 0.29) is 31.0 Å². The lowest BCUT2D eigenvalue weighted by Gasteiger charge is -2.12. The van der Waals surface area contributed by atoms with Gasteiger partial charge in [0, 0.05) is 9.90 Å². The number of anilines is 1. The third kappa shape index (κ3) is 4.81. The van der Waals surface area contributed by atoms with Gasteiger partial charge in [0.2, 0.25) is 5.91 Å². The Morgan fingerprint density at radius 1 is 1.03 bits per heavy atom. The van der Waals surface area contributed by atoms with E-state index in [4.69, 9.17) is 16.3 Å². The molecule has 0 saturated carbocycles. The summed E-state index contributed by atoms with van der Waals surface area (Å²) in [6.07, 6.45) is 0.0884. The second kappa shape index (κ2) is 9.56. The van der Waals surface area contributed by atoms with Gasteiger partial charge in [0.1, 0.15) is 5.00 Å². The molecule has 3 aromatic rings. The topological polar surface area (TPSA) is 92.8 Å². The van der Waals surface area contributed by atoms with Gasteiger partial charge in [-0.2, -0.15) is 0 Å². The maximum atomic E-state index is 12.7. The molecule has 1 aliphatic heterocycles. The van der Waals surface area contributed by atoms with Crippen molar-refractivity contribution in [2.24, 2.45) is 0 Å². The zero-order chi connectivity index (χ0) is 23.5. The smallest absolute Gasteiger partial charge is 0.341 e. The normalized spacial score (nSPS) is 12.6. The Balaban J connectivity index is 1.55. The molecule has 0 atom stereocenters. The summed E-state index contributed by atoms with van der Waals surface area (Å²) in [6, 6.07) is 15.0. The Morgan fingerprint density at radius 2 is 1.67 bits per heavy atom. The molecule has 0 aliphatic carbocycles. The molecule has 1 N–H and O–H groups in total. The minimum Gasteiger partial charge on any atom is -0.462 e. The van der Waals surface area contributed by atoms with Gasteiger partial charge in [-0.3, -0.25) is 19.3 Å². The monoisotopic (exact) mass is 482 g/mol. The van der Waals surface area contributed by atoms with Crippen molar-refractivity contribution in [3.63, 3.8) is 0 Å². The number of hydrogen-bond donors (Lipinski definition) is 1. The predicted molar refractivity (Wildman–Crippen MR) is 125 cm³/mol. The number of nitrogens with one attached hydrogen (secondary N) is 1. The largest absolute Gasteiger partial charge is 0.462 e. The van der Waals surface area contributed by atoms with Crippen LogP contribution in [0, 0.1) is 0 Å². The number of ether oxygens (including phenoxy) is 1. The average Bonchev–Trinajstić information content (AvgIpc) is 3.30. The summed E-state index contributed by atoms with van der Waals surface area (Å²) >= 11 is 7.01. The molecule has 0 bridgehead atoms. The van der Waals surface area contributed by atoms with E-state index in [0.717, 1.165) is 21.8 Å². The van der Waals surface area contributed by atoms with Gasteiger partial charge < -0.3 is 10.1 Å². The van der Waals surface area contributed by atoms with Crippen LogP contribution in [-0.4, -0.2) is 35.2 Å². The molecule has 0 saturated heterocycles. The van der Waals surface area contributed by atoms with E-state index >= 15 is 0 Å². The van der Waals surface area contributed by atoms with Crippen LogP contribution >= 0.6 is 22.9 Å². The molecule has 7 nitrogen and oxygen atoms in total. The molecule has 0 spiro atoms. The minimum absolute atomic E-state index is 0.0174. The van der Waals surface area contributed by atoms with E-state index in [1.807, 2.05) is 0 Å². The summed E-state index contributed by atoms with van der Waals surface area (Å²) in [5.74, 6) is -1.70. The van der Waals surface area contributed by atoms with E-state index < -0.39 is 17.8 Å². The number of nitrogens with zero attached hydrogens (tertiary/aromatic N) is 1. The summed E-state index contributed by atoms with van der Waals surface area (Å²) < 4.78 is 5.11. The lowest BCUT2D eigenvalue weighted by Crippen LogP contribution is -2.28. The van der Waals surface area contributed by atoms with Crippen LogP contribution in [0.4, 0.5) is 5.00 Å². The second-order valence-electron chi connectivity index (χ2n) is 7.27. The number of hydrogen-bond acceptors (Lipinski definition) is 6. The first-order valence-corrected chi connectivity index (χ1v) is 11.4. The lowest BCUT2D eigenvalue weighted by atomic mass is 10.1. The number of imide groups is 1. The fourth-order valence-electron chi connectivity index (χ4n) is 3.47. The lowest BCUT2D eigenvalue weighted by molar-refractivity contribution is -0.115. The van der Waals surface area contributed by atoms with Gasteiger partial charge >= 0.3 is 5.97 Å². The second-order valence-corrected chi connectivity index (χ2v) is 8.84. The third-order valence-electron chi connectivity index (χ3n) is 5.00. The summed E-state index contributed by atoms with van der Waals surface area (Å²) in [5, 5.41) is 3.63. The van der Waals surface area contributed by atoms with E-state index in [1.165, 1.54) is 0 Å². The number of fused-ring (bicyclic) bond motifs is 1. The van der Waals surface area contributed by atoms with Crippen LogP contribution in [0.5, 0.6) is 0 Å². The Kier molecular flexibility index (Phi) is 6.57. The van der Waals surface area contributed by atoms with Crippen molar-refractivity contribution in [3.05, 3.63) is 86.8 Å². The van der Waals surface area contributed by atoms with Gasteiger partial charge in [-0.1, -0.05) is 35.9 Å². The Bertz CT molecular complexity index is 1220. The first kappa shape index (κ1) is 22.7. The molecule has 168 valence electrons. The highest BCUT2D eigenvalue weighted by molar-refractivity contribution is 7.16. The molecule has 3 amide bonds. The Labute approximate surface area is 198 Å². The number of rotatable bonds is 7. The molecule has 4 rings (SSSR count). The number of halogens is 1. The molecule has 9 heteroatoms. The molecule has 0 unspecified atom stereocenters. The van der Waals surface area contributed by atoms with E-state index in [2.05, 4.69) is 5.32 Å². The molecule has 0 fully saturated rings. The zero-order valence-corrected chi connectivity index (χ0v) is 19.2. The van der Waals surface area contributed by atoms with Crippen molar-refractivity contribution in [2.45, 2.75) is 19.9 Å². The first-order valence-electron chi connectivity index (χ1n) is 10.2. The van der Waals surface area contributed by atoms with Crippen molar-refractivity contribution >= 4 is 51.6 Å². The van der Waals surface area contributed by atoms with Gasteiger partial charge in [0.15, 0.2) is 0 Å². The number of thiophene rings is 1. The Morgan fingerprint density at radius 3 is 2.27 bits per heavy atom. The van der Waals surface area contributed by atoms with Gasteiger partial charge in [-0.25, -0.2) is 4.79 Å². The fourth-order valence-corrected chi connectivity index (χ4v) is 4.65. The van der Waals surface area contributed by atoms with Gasteiger partial charge in [-0.05, 0) is 42.8 Å². The van der Waals surface area contributed by atoms with Crippen LogP contribution in [0.25, 0.3) is 0 Å². The molecule has 1 aromatic heterocycles. The van der Waals surface area contributed by atoms with Gasteiger partial charge in [-0.15, -0.1) is 11.3 Å². The van der Waals surface area contributed by atoms with Gasteiger partial charge in [0.05, 0.1) is 36.3 Å². The van der Waals surface area contributed by atoms with Crippen LogP contribution in [0.2, 0.25) is 5.02 Å². The maximum absolute atomic E-state index is 12.7.